The molecule has 0 bridgehead atoms. The SMILES string of the molecule is Cl.NCc1cccc(OCC(=O)N2CCCCC2)c1. The van der Waals surface area contributed by atoms with Gasteiger partial charge in [0.05, 0.1) is 0 Å². The summed E-state index contributed by atoms with van der Waals surface area (Å²) in [4.78, 5) is 13.8. The third-order valence-corrected chi connectivity index (χ3v) is 3.21. The molecule has 0 atom stereocenters. The first kappa shape index (κ1) is 15.8. The molecule has 1 amide bonds. The van der Waals surface area contributed by atoms with Crippen LogP contribution in [0, 0.1) is 0 Å². The number of ether oxygens (including phenoxy) is 1. The molecule has 0 saturated carbocycles. The molecule has 1 heterocycles. The Balaban J connectivity index is 0.00000180. The van der Waals surface area contributed by atoms with E-state index in [1.54, 1.807) is 0 Å². The molecule has 5 heteroatoms. The van der Waals surface area contributed by atoms with Gasteiger partial charge in [-0.3, -0.25) is 4.79 Å². The summed E-state index contributed by atoms with van der Waals surface area (Å²) < 4.78 is 5.52. The molecular weight excluding hydrogens is 264 g/mol. The van der Waals surface area contributed by atoms with E-state index >= 15 is 0 Å². The van der Waals surface area contributed by atoms with Crippen molar-refractivity contribution in [2.24, 2.45) is 5.73 Å². The van der Waals surface area contributed by atoms with Crippen LogP contribution in [0.15, 0.2) is 24.3 Å². The van der Waals surface area contributed by atoms with Gasteiger partial charge >= 0.3 is 0 Å². The van der Waals surface area contributed by atoms with E-state index in [9.17, 15) is 4.79 Å². The van der Waals surface area contributed by atoms with E-state index in [4.69, 9.17) is 10.5 Å². The lowest BCUT2D eigenvalue weighted by Crippen LogP contribution is -2.38. The first-order chi connectivity index (χ1) is 8.79. The number of hydrogen-bond donors (Lipinski definition) is 1. The average molecular weight is 285 g/mol. The maximum atomic E-state index is 11.9. The second-order valence-corrected chi connectivity index (χ2v) is 4.58. The molecular formula is C14H21ClN2O2. The zero-order valence-corrected chi connectivity index (χ0v) is 11.8. The molecule has 2 rings (SSSR count). The zero-order valence-electron chi connectivity index (χ0n) is 11.0. The van der Waals surface area contributed by atoms with Crippen LogP contribution >= 0.6 is 12.4 Å². The van der Waals surface area contributed by atoms with Gasteiger partial charge in [-0.15, -0.1) is 12.4 Å². The number of likely N-dealkylation sites (tertiary alicyclic amines) is 1. The van der Waals surface area contributed by atoms with Crippen LogP contribution in [-0.4, -0.2) is 30.5 Å². The fourth-order valence-electron chi connectivity index (χ4n) is 2.14. The maximum Gasteiger partial charge on any atom is 0.260 e. The highest BCUT2D eigenvalue weighted by Gasteiger charge is 2.16. The molecule has 4 nitrogen and oxygen atoms in total. The lowest BCUT2D eigenvalue weighted by molar-refractivity contribution is -0.134. The molecule has 0 spiro atoms. The van der Waals surface area contributed by atoms with Gasteiger partial charge < -0.3 is 15.4 Å². The molecule has 2 N–H and O–H groups in total. The number of carbonyl (C=O) groups excluding carboxylic acids is 1. The molecule has 1 aliphatic heterocycles. The minimum Gasteiger partial charge on any atom is -0.484 e. The van der Waals surface area contributed by atoms with Crippen molar-refractivity contribution in [3.8, 4) is 5.75 Å². The Bertz CT molecular complexity index is 406. The van der Waals surface area contributed by atoms with Crippen molar-refractivity contribution in [2.45, 2.75) is 25.8 Å². The summed E-state index contributed by atoms with van der Waals surface area (Å²) in [6.07, 6.45) is 3.44. The Morgan fingerprint density at radius 2 is 2.00 bits per heavy atom. The zero-order chi connectivity index (χ0) is 12.8. The van der Waals surface area contributed by atoms with Crippen LogP contribution in [-0.2, 0) is 11.3 Å². The fraction of sp³-hybridized carbons (Fsp3) is 0.500. The summed E-state index contributed by atoms with van der Waals surface area (Å²) in [5.41, 5.74) is 6.57. The number of nitrogens with zero attached hydrogens (tertiary/aromatic N) is 1. The summed E-state index contributed by atoms with van der Waals surface area (Å²) in [7, 11) is 0. The van der Waals surface area contributed by atoms with Gasteiger partial charge in [0.15, 0.2) is 6.61 Å². The van der Waals surface area contributed by atoms with E-state index in [1.807, 2.05) is 29.2 Å². The van der Waals surface area contributed by atoms with Gasteiger partial charge in [0, 0.05) is 19.6 Å². The van der Waals surface area contributed by atoms with Crippen molar-refractivity contribution in [3.63, 3.8) is 0 Å². The number of nitrogens with two attached hydrogens (primary N) is 1. The third-order valence-electron chi connectivity index (χ3n) is 3.21. The van der Waals surface area contributed by atoms with E-state index in [0.717, 1.165) is 31.5 Å². The summed E-state index contributed by atoms with van der Waals surface area (Å²) in [5, 5.41) is 0. The van der Waals surface area contributed by atoms with E-state index in [1.165, 1.54) is 6.42 Å². The predicted molar refractivity (Wildman–Crippen MR) is 77.5 cm³/mol. The fourth-order valence-corrected chi connectivity index (χ4v) is 2.14. The van der Waals surface area contributed by atoms with Gasteiger partial charge in [-0.2, -0.15) is 0 Å². The number of halogens is 1. The van der Waals surface area contributed by atoms with Crippen LogP contribution in [0.25, 0.3) is 0 Å². The number of amides is 1. The molecule has 1 fully saturated rings. The Kier molecular flexibility index (Phi) is 6.67. The number of hydrogen-bond acceptors (Lipinski definition) is 3. The molecule has 1 aromatic rings. The number of rotatable bonds is 4. The van der Waals surface area contributed by atoms with Crippen molar-refractivity contribution >= 4 is 18.3 Å². The molecule has 0 aromatic heterocycles. The molecule has 106 valence electrons. The molecule has 1 saturated heterocycles. The lowest BCUT2D eigenvalue weighted by Gasteiger charge is -2.26. The largest absolute Gasteiger partial charge is 0.484 e. The third kappa shape index (κ3) is 4.73. The highest BCUT2D eigenvalue weighted by atomic mass is 35.5. The topological polar surface area (TPSA) is 55.6 Å². The van der Waals surface area contributed by atoms with Crippen LogP contribution in [0.2, 0.25) is 0 Å². The monoisotopic (exact) mass is 284 g/mol. The van der Waals surface area contributed by atoms with Gasteiger partial charge in [0.25, 0.3) is 5.91 Å². The second-order valence-electron chi connectivity index (χ2n) is 4.58. The summed E-state index contributed by atoms with van der Waals surface area (Å²) >= 11 is 0. The van der Waals surface area contributed by atoms with Gasteiger partial charge in [-0.05, 0) is 37.0 Å². The smallest absolute Gasteiger partial charge is 0.260 e. The Hall–Kier alpha value is -1.26. The number of benzene rings is 1. The molecule has 0 radical (unpaired) electrons. The first-order valence-corrected chi connectivity index (χ1v) is 6.49. The highest BCUT2D eigenvalue weighted by Crippen LogP contribution is 2.14. The molecule has 1 aliphatic rings. The van der Waals surface area contributed by atoms with Crippen molar-refractivity contribution in [1.82, 2.24) is 4.90 Å². The summed E-state index contributed by atoms with van der Waals surface area (Å²) in [6.45, 7) is 2.33. The van der Waals surface area contributed by atoms with Crippen molar-refractivity contribution < 1.29 is 9.53 Å². The van der Waals surface area contributed by atoms with Crippen molar-refractivity contribution in [3.05, 3.63) is 29.8 Å². The lowest BCUT2D eigenvalue weighted by atomic mass is 10.1. The van der Waals surface area contributed by atoms with E-state index in [0.29, 0.717) is 12.3 Å². The van der Waals surface area contributed by atoms with E-state index < -0.39 is 0 Å². The molecule has 1 aromatic carbocycles. The Morgan fingerprint density at radius 3 is 2.68 bits per heavy atom. The van der Waals surface area contributed by atoms with Crippen LogP contribution in [0.4, 0.5) is 0 Å². The standard InChI is InChI=1S/C14H20N2O2.ClH/c15-10-12-5-4-6-13(9-12)18-11-14(17)16-7-2-1-3-8-16;/h4-6,9H,1-3,7-8,10-11,15H2;1H. The minimum atomic E-state index is 0. The average Bonchev–Trinajstić information content (AvgIpc) is 2.46. The quantitative estimate of drug-likeness (QED) is 0.919. The van der Waals surface area contributed by atoms with Crippen molar-refractivity contribution in [1.29, 1.82) is 0 Å². The maximum absolute atomic E-state index is 11.9. The van der Waals surface area contributed by atoms with Crippen molar-refractivity contribution in [2.75, 3.05) is 19.7 Å². The molecule has 19 heavy (non-hydrogen) atoms. The van der Waals surface area contributed by atoms with Gasteiger partial charge in [0.2, 0.25) is 0 Å². The van der Waals surface area contributed by atoms with Crippen LogP contribution in [0.1, 0.15) is 24.8 Å². The number of carbonyl (C=O) groups is 1. The summed E-state index contributed by atoms with van der Waals surface area (Å²) in [6, 6.07) is 7.56. The van der Waals surface area contributed by atoms with Gasteiger partial charge in [0.1, 0.15) is 5.75 Å². The molecule has 0 unspecified atom stereocenters. The van der Waals surface area contributed by atoms with Gasteiger partial charge in [-0.1, -0.05) is 12.1 Å². The number of piperidine rings is 1. The van der Waals surface area contributed by atoms with E-state index in [2.05, 4.69) is 0 Å². The first-order valence-electron chi connectivity index (χ1n) is 6.49. The second kappa shape index (κ2) is 8.02. The van der Waals surface area contributed by atoms with Crippen LogP contribution in [0.5, 0.6) is 5.75 Å². The van der Waals surface area contributed by atoms with Crippen LogP contribution < -0.4 is 10.5 Å². The van der Waals surface area contributed by atoms with E-state index in [-0.39, 0.29) is 24.9 Å². The Morgan fingerprint density at radius 1 is 1.26 bits per heavy atom. The summed E-state index contributed by atoms with van der Waals surface area (Å²) in [5.74, 6) is 0.788. The normalized spacial score (nSPS) is 14.7. The molecule has 0 aliphatic carbocycles. The van der Waals surface area contributed by atoms with Crippen LogP contribution in [0.3, 0.4) is 0 Å². The van der Waals surface area contributed by atoms with Gasteiger partial charge in [-0.25, -0.2) is 0 Å². The Labute approximate surface area is 120 Å². The minimum absolute atomic E-state index is 0. The highest BCUT2D eigenvalue weighted by molar-refractivity contribution is 5.85. The predicted octanol–water partition coefficient (Wildman–Crippen LogP) is 1.96.